The van der Waals surface area contributed by atoms with Gasteiger partial charge in [0.2, 0.25) is 5.91 Å². The van der Waals surface area contributed by atoms with Crippen LogP contribution >= 0.6 is 0 Å². The van der Waals surface area contributed by atoms with E-state index >= 15 is 0 Å². The lowest BCUT2D eigenvalue weighted by molar-refractivity contribution is -0.144. The Morgan fingerprint density at radius 3 is 2.00 bits per heavy atom. The number of alkyl carbamates (subject to hydrolysis) is 1. The smallest absolute Gasteiger partial charge is 0.408 e. The number of hydrogen-bond donors (Lipinski definition) is 3. The van der Waals surface area contributed by atoms with Gasteiger partial charge in [-0.2, -0.15) is 0 Å². The van der Waals surface area contributed by atoms with Gasteiger partial charge in [-0.05, 0) is 89.8 Å². The Morgan fingerprint density at radius 1 is 0.907 bits per heavy atom. The average molecular weight is 596 g/mol. The summed E-state index contributed by atoms with van der Waals surface area (Å²) in [7, 11) is 0. The number of carbonyl (C=O) groups excluding carboxylic acids is 3. The second-order valence-electron chi connectivity index (χ2n) is 13.2. The Hall–Kier alpha value is -3.55. The number of hydrogen-bond acceptors (Lipinski definition) is 5. The van der Waals surface area contributed by atoms with Gasteiger partial charge in [-0.3, -0.25) is 9.59 Å². The Morgan fingerprint density at radius 2 is 1.47 bits per heavy atom. The van der Waals surface area contributed by atoms with Crippen molar-refractivity contribution in [2.75, 3.05) is 5.32 Å². The molecule has 0 fully saturated rings. The van der Waals surface area contributed by atoms with E-state index in [1.165, 1.54) is 0 Å². The first-order valence-electron chi connectivity index (χ1n) is 15.5. The Kier molecular flexibility index (Phi) is 12.6. The predicted octanol–water partition coefficient (Wildman–Crippen LogP) is 7.59. The second kappa shape index (κ2) is 15.3. The zero-order valence-electron chi connectivity index (χ0n) is 28.0. The van der Waals surface area contributed by atoms with Gasteiger partial charge in [-0.15, -0.1) is 0 Å². The minimum Gasteiger partial charge on any atom is -0.507 e. The first kappa shape index (κ1) is 35.6. The fourth-order valence-corrected chi connectivity index (χ4v) is 5.11. The van der Waals surface area contributed by atoms with E-state index in [1.807, 2.05) is 52.8 Å². The predicted molar refractivity (Wildman–Crippen MR) is 173 cm³/mol. The van der Waals surface area contributed by atoms with E-state index in [4.69, 9.17) is 4.74 Å². The van der Waals surface area contributed by atoms with Gasteiger partial charge in [0.25, 0.3) is 5.91 Å². The zero-order valence-corrected chi connectivity index (χ0v) is 28.0. The molecule has 0 bridgehead atoms. The minimum absolute atomic E-state index is 0.0433. The number of para-hydroxylation sites is 2. The summed E-state index contributed by atoms with van der Waals surface area (Å²) in [4.78, 5) is 43.7. The number of nitrogens with zero attached hydrogens (tertiary/aromatic N) is 1. The molecule has 0 aliphatic heterocycles. The van der Waals surface area contributed by atoms with Crippen LogP contribution < -0.4 is 10.6 Å². The number of nitrogens with one attached hydrogen (secondary N) is 2. The molecule has 0 saturated carbocycles. The molecule has 2 aromatic carbocycles. The molecule has 0 spiro atoms. The first-order valence-corrected chi connectivity index (χ1v) is 15.5. The summed E-state index contributed by atoms with van der Waals surface area (Å²) in [6.07, 6.45) is 1.36. The zero-order chi connectivity index (χ0) is 32.6. The molecule has 4 atom stereocenters. The number of phenols is 1. The van der Waals surface area contributed by atoms with Crippen LogP contribution in [0.1, 0.15) is 103 Å². The maximum Gasteiger partial charge on any atom is 0.408 e. The van der Waals surface area contributed by atoms with E-state index < -0.39 is 41.6 Å². The van der Waals surface area contributed by atoms with Crippen molar-refractivity contribution in [3.05, 3.63) is 58.7 Å². The summed E-state index contributed by atoms with van der Waals surface area (Å²) in [6, 6.07) is 8.47. The quantitative estimate of drug-likeness (QED) is 0.234. The fraction of sp³-hybridized carbons (Fsp3) is 0.571. The second-order valence-corrected chi connectivity index (χ2v) is 13.2. The number of ether oxygens (including phenoxy) is 1. The van der Waals surface area contributed by atoms with Crippen molar-refractivity contribution < 1.29 is 24.2 Å². The highest BCUT2D eigenvalue weighted by atomic mass is 16.6. The van der Waals surface area contributed by atoms with Gasteiger partial charge in [-0.25, -0.2) is 4.79 Å². The van der Waals surface area contributed by atoms with Gasteiger partial charge in [-0.1, -0.05) is 70.5 Å². The van der Waals surface area contributed by atoms with Crippen molar-refractivity contribution in [2.45, 2.75) is 119 Å². The van der Waals surface area contributed by atoms with Crippen LogP contribution in [0.3, 0.4) is 0 Å². The largest absolute Gasteiger partial charge is 0.507 e. The highest BCUT2D eigenvalue weighted by Gasteiger charge is 2.41. The van der Waals surface area contributed by atoms with Gasteiger partial charge in [0.1, 0.15) is 23.4 Å². The number of phenolic OH excluding ortho intramolecular Hbond substituents is 1. The van der Waals surface area contributed by atoms with Crippen LogP contribution in [0, 0.1) is 32.6 Å². The van der Waals surface area contributed by atoms with Gasteiger partial charge in [0, 0.05) is 17.3 Å². The fourth-order valence-electron chi connectivity index (χ4n) is 5.11. The maximum atomic E-state index is 14.7. The van der Waals surface area contributed by atoms with Crippen molar-refractivity contribution in [3.8, 4) is 5.75 Å². The summed E-state index contributed by atoms with van der Waals surface area (Å²) >= 11 is 0. The van der Waals surface area contributed by atoms with Crippen LogP contribution in [-0.4, -0.2) is 45.6 Å². The third-order valence-corrected chi connectivity index (χ3v) is 7.86. The lowest BCUT2D eigenvalue weighted by atomic mass is 9.92. The van der Waals surface area contributed by atoms with E-state index in [2.05, 4.69) is 24.5 Å². The molecule has 0 aliphatic rings. The topological polar surface area (TPSA) is 108 Å². The third kappa shape index (κ3) is 9.73. The SMILES string of the molecule is CCC(C)C(NC(=O)OC(C)(C)C)C(=O)N(C(C)CCC(C)C)C(C(=O)Nc1c(C)cccc1C)c1cccc(C)c1O. The van der Waals surface area contributed by atoms with E-state index in [-0.39, 0.29) is 11.7 Å². The summed E-state index contributed by atoms with van der Waals surface area (Å²) < 4.78 is 5.52. The normalized spacial score (nSPS) is 14.4. The van der Waals surface area contributed by atoms with E-state index in [0.29, 0.717) is 35.6 Å². The molecular formula is C35H53N3O5. The van der Waals surface area contributed by atoms with Crippen LogP contribution in [0.25, 0.3) is 0 Å². The monoisotopic (exact) mass is 595 g/mol. The number of benzene rings is 2. The molecular weight excluding hydrogens is 542 g/mol. The highest BCUT2D eigenvalue weighted by Crippen LogP contribution is 2.36. The van der Waals surface area contributed by atoms with E-state index in [1.54, 1.807) is 50.8 Å². The standard InChI is InChI=1S/C35H53N3O5/c1-12-22(4)29(37-34(42)43-35(9,10)11)33(41)38(26(8)20-19-21(2)3)30(27-18-14-17-25(7)31(27)39)32(40)36-28-23(5)15-13-16-24(28)6/h13-18,21-22,26,29-30,39H,12,19-20H2,1-11H3,(H,36,40)(H,37,42). The van der Waals surface area contributed by atoms with E-state index in [9.17, 15) is 19.5 Å². The molecule has 0 aromatic heterocycles. The molecule has 8 heteroatoms. The third-order valence-electron chi connectivity index (χ3n) is 7.86. The molecule has 2 aromatic rings. The minimum atomic E-state index is -1.17. The molecule has 0 radical (unpaired) electrons. The Bertz CT molecular complexity index is 1250. The molecule has 0 saturated heterocycles. The molecule has 3 N–H and O–H groups in total. The molecule has 2 rings (SSSR count). The lowest BCUT2D eigenvalue weighted by Crippen LogP contribution is -2.57. The summed E-state index contributed by atoms with van der Waals surface area (Å²) in [5, 5.41) is 17.2. The van der Waals surface area contributed by atoms with Gasteiger partial charge in [0.05, 0.1) is 0 Å². The number of amides is 3. The average Bonchev–Trinajstić information content (AvgIpc) is 2.91. The maximum absolute atomic E-state index is 14.7. The van der Waals surface area contributed by atoms with Crippen LogP contribution in [0.15, 0.2) is 36.4 Å². The lowest BCUT2D eigenvalue weighted by Gasteiger charge is -2.40. The van der Waals surface area contributed by atoms with Crippen molar-refractivity contribution in [2.24, 2.45) is 11.8 Å². The summed E-state index contributed by atoms with van der Waals surface area (Å²) in [5.41, 5.74) is 2.60. The summed E-state index contributed by atoms with van der Waals surface area (Å²) in [6.45, 7) is 20.9. The van der Waals surface area contributed by atoms with Crippen molar-refractivity contribution in [1.82, 2.24) is 10.2 Å². The summed E-state index contributed by atoms with van der Waals surface area (Å²) in [5.74, 6) is -0.771. The number of aromatic hydroxyl groups is 1. The van der Waals surface area contributed by atoms with Crippen LogP contribution in [0.4, 0.5) is 10.5 Å². The molecule has 0 heterocycles. The molecule has 4 unspecified atom stereocenters. The Labute approximate surface area is 258 Å². The number of aryl methyl sites for hydroxylation is 3. The Balaban J connectivity index is 2.76. The van der Waals surface area contributed by atoms with Crippen LogP contribution in [0.2, 0.25) is 0 Å². The van der Waals surface area contributed by atoms with Crippen LogP contribution in [0.5, 0.6) is 5.75 Å². The molecule has 0 aliphatic carbocycles. The number of carbonyl (C=O) groups is 3. The molecule has 3 amide bonds. The number of anilines is 1. The molecule has 43 heavy (non-hydrogen) atoms. The highest BCUT2D eigenvalue weighted by molar-refractivity contribution is 6.00. The van der Waals surface area contributed by atoms with Gasteiger partial charge >= 0.3 is 6.09 Å². The van der Waals surface area contributed by atoms with Gasteiger partial charge < -0.3 is 25.4 Å². The first-order chi connectivity index (χ1) is 20.0. The molecule has 238 valence electrons. The van der Waals surface area contributed by atoms with Crippen molar-refractivity contribution in [3.63, 3.8) is 0 Å². The van der Waals surface area contributed by atoms with Crippen LogP contribution in [-0.2, 0) is 14.3 Å². The molecule has 8 nitrogen and oxygen atoms in total. The van der Waals surface area contributed by atoms with E-state index in [0.717, 1.165) is 17.5 Å². The number of rotatable bonds is 12. The van der Waals surface area contributed by atoms with Crippen molar-refractivity contribution >= 4 is 23.6 Å². The van der Waals surface area contributed by atoms with Crippen molar-refractivity contribution in [1.29, 1.82) is 0 Å². The van der Waals surface area contributed by atoms with Gasteiger partial charge in [0.15, 0.2) is 0 Å².